The van der Waals surface area contributed by atoms with Gasteiger partial charge in [0.15, 0.2) is 5.78 Å². The van der Waals surface area contributed by atoms with E-state index in [0.29, 0.717) is 5.56 Å². The van der Waals surface area contributed by atoms with Crippen LogP contribution in [0.5, 0.6) is 0 Å². The molecule has 2 aromatic carbocycles. The third-order valence-corrected chi connectivity index (χ3v) is 6.32. The second-order valence-electron chi connectivity index (χ2n) is 5.63. The topological polar surface area (TPSA) is 54.5 Å². The van der Waals surface area contributed by atoms with Crippen LogP contribution in [-0.2, 0) is 16.6 Å². The monoisotopic (exact) mass is 393 g/mol. The van der Waals surface area contributed by atoms with Gasteiger partial charge >= 0.3 is 0 Å². The number of sulfonamides is 1. The number of halogens is 1. The molecule has 1 aliphatic heterocycles. The largest absolute Gasteiger partial charge is 0.294 e. The predicted molar refractivity (Wildman–Crippen MR) is 91.9 cm³/mol. The highest BCUT2D eigenvalue weighted by atomic mass is 79.9. The molecule has 0 bridgehead atoms. The average molecular weight is 394 g/mol. The van der Waals surface area contributed by atoms with E-state index < -0.39 is 10.0 Å². The van der Waals surface area contributed by atoms with Gasteiger partial charge in [0, 0.05) is 29.5 Å². The maximum absolute atomic E-state index is 12.8. The second kappa shape index (κ2) is 6.19. The van der Waals surface area contributed by atoms with Gasteiger partial charge < -0.3 is 0 Å². The van der Waals surface area contributed by atoms with Gasteiger partial charge in [-0.2, -0.15) is 4.31 Å². The van der Waals surface area contributed by atoms with Crippen molar-refractivity contribution in [3.63, 3.8) is 0 Å². The summed E-state index contributed by atoms with van der Waals surface area (Å²) >= 11 is 3.36. The molecule has 0 amide bonds. The average Bonchev–Trinajstić information content (AvgIpc) is 2.68. The first-order valence-electron chi connectivity index (χ1n) is 7.26. The molecule has 0 atom stereocenters. The molecule has 0 spiro atoms. The zero-order valence-electron chi connectivity index (χ0n) is 12.6. The van der Waals surface area contributed by atoms with Crippen LogP contribution in [0.3, 0.4) is 0 Å². The summed E-state index contributed by atoms with van der Waals surface area (Å²) in [6.07, 6.45) is 0.189. The van der Waals surface area contributed by atoms with Gasteiger partial charge in [-0.05, 0) is 36.8 Å². The molecule has 0 fully saturated rings. The number of carbonyl (C=O) groups is 1. The van der Waals surface area contributed by atoms with Crippen LogP contribution < -0.4 is 0 Å². The molecular formula is C17H16BrNO3S. The Labute approximate surface area is 144 Å². The Morgan fingerprint density at radius 3 is 2.48 bits per heavy atom. The van der Waals surface area contributed by atoms with E-state index in [0.717, 1.165) is 15.6 Å². The quantitative estimate of drug-likeness (QED) is 0.783. The minimum Gasteiger partial charge on any atom is -0.294 e. The second-order valence-corrected chi connectivity index (χ2v) is 8.48. The molecule has 1 heterocycles. The van der Waals surface area contributed by atoms with Crippen molar-refractivity contribution < 1.29 is 13.2 Å². The fourth-order valence-electron chi connectivity index (χ4n) is 2.64. The van der Waals surface area contributed by atoms with Crippen molar-refractivity contribution in [1.29, 1.82) is 0 Å². The SMILES string of the molecule is Cc1ccc(S(=O)(=O)N2CCC(=O)c3cc(Br)ccc3C2)cc1. The lowest BCUT2D eigenvalue weighted by Crippen LogP contribution is -2.31. The van der Waals surface area contributed by atoms with Crippen molar-refractivity contribution in [2.45, 2.75) is 24.8 Å². The first kappa shape index (κ1) is 16.4. The van der Waals surface area contributed by atoms with Gasteiger partial charge in [-0.1, -0.05) is 39.7 Å². The number of hydrogen-bond acceptors (Lipinski definition) is 3. The maximum atomic E-state index is 12.8. The number of hydrogen-bond donors (Lipinski definition) is 0. The summed E-state index contributed by atoms with van der Waals surface area (Å²) in [5, 5.41) is 0. The molecule has 0 aromatic heterocycles. The fourth-order valence-corrected chi connectivity index (χ4v) is 4.42. The molecule has 2 aromatic rings. The van der Waals surface area contributed by atoms with E-state index in [9.17, 15) is 13.2 Å². The predicted octanol–water partition coefficient (Wildman–Crippen LogP) is 3.53. The van der Waals surface area contributed by atoms with E-state index in [-0.39, 0.29) is 30.2 Å². The molecule has 120 valence electrons. The van der Waals surface area contributed by atoms with Gasteiger partial charge in [-0.25, -0.2) is 8.42 Å². The van der Waals surface area contributed by atoms with Gasteiger partial charge in [-0.3, -0.25) is 4.79 Å². The lowest BCUT2D eigenvalue weighted by atomic mass is 10.0. The molecule has 4 nitrogen and oxygen atoms in total. The normalized spacial score (nSPS) is 16.0. The van der Waals surface area contributed by atoms with Crippen molar-refractivity contribution >= 4 is 31.7 Å². The van der Waals surface area contributed by atoms with Gasteiger partial charge in [0.1, 0.15) is 0 Å². The molecule has 0 aliphatic carbocycles. The van der Waals surface area contributed by atoms with Gasteiger partial charge in [-0.15, -0.1) is 0 Å². The minimum absolute atomic E-state index is 0.0251. The molecule has 0 N–H and O–H groups in total. The standard InChI is InChI=1S/C17H16BrNO3S/c1-12-2-6-15(7-3-12)23(21,22)19-9-8-17(20)16-10-14(18)5-4-13(16)11-19/h2-7,10H,8-9,11H2,1H3. The Kier molecular flexibility index (Phi) is 4.40. The summed E-state index contributed by atoms with van der Waals surface area (Å²) in [5.74, 6) is -0.0251. The van der Waals surface area contributed by atoms with Crippen LogP contribution in [0.4, 0.5) is 0 Å². The number of Topliss-reactive ketones (excluding diaryl/α,β-unsaturated/α-hetero) is 1. The number of ketones is 1. The van der Waals surface area contributed by atoms with Gasteiger partial charge in [0.05, 0.1) is 4.90 Å². The summed E-state index contributed by atoms with van der Waals surface area (Å²) in [7, 11) is -3.61. The Bertz CT molecular complexity index is 860. The zero-order valence-corrected chi connectivity index (χ0v) is 15.0. The highest BCUT2D eigenvalue weighted by Gasteiger charge is 2.29. The zero-order chi connectivity index (χ0) is 16.6. The van der Waals surface area contributed by atoms with Gasteiger partial charge in [0.2, 0.25) is 10.0 Å². The number of aryl methyl sites for hydroxylation is 1. The first-order valence-corrected chi connectivity index (χ1v) is 9.50. The number of rotatable bonds is 2. The molecular weight excluding hydrogens is 378 g/mol. The number of fused-ring (bicyclic) bond motifs is 1. The van der Waals surface area contributed by atoms with Crippen molar-refractivity contribution in [2.75, 3.05) is 6.54 Å². The van der Waals surface area contributed by atoms with Crippen LogP contribution in [0, 0.1) is 6.92 Å². The first-order chi connectivity index (χ1) is 10.9. The van der Waals surface area contributed by atoms with Crippen molar-refractivity contribution in [1.82, 2.24) is 4.31 Å². The summed E-state index contributed by atoms with van der Waals surface area (Å²) in [6, 6.07) is 12.2. The van der Waals surface area contributed by atoms with E-state index in [1.165, 1.54) is 4.31 Å². The molecule has 23 heavy (non-hydrogen) atoms. The van der Waals surface area contributed by atoms with Crippen molar-refractivity contribution in [2.24, 2.45) is 0 Å². The molecule has 0 radical (unpaired) electrons. The Balaban J connectivity index is 1.99. The third-order valence-electron chi connectivity index (χ3n) is 3.97. The number of nitrogens with zero attached hydrogens (tertiary/aromatic N) is 1. The van der Waals surface area contributed by atoms with Crippen LogP contribution in [-0.4, -0.2) is 25.1 Å². The summed E-state index contributed by atoms with van der Waals surface area (Å²) < 4.78 is 27.9. The van der Waals surface area contributed by atoms with E-state index in [4.69, 9.17) is 0 Å². The Hall–Kier alpha value is -1.50. The van der Waals surface area contributed by atoms with Crippen LogP contribution >= 0.6 is 15.9 Å². The number of carbonyl (C=O) groups excluding carboxylic acids is 1. The molecule has 1 aliphatic rings. The Morgan fingerprint density at radius 2 is 1.78 bits per heavy atom. The summed E-state index contributed by atoms with van der Waals surface area (Å²) in [6.45, 7) is 2.32. The van der Waals surface area contributed by atoms with Crippen molar-refractivity contribution in [3.05, 3.63) is 63.6 Å². The van der Waals surface area contributed by atoms with Crippen LogP contribution in [0.15, 0.2) is 51.8 Å². The third kappa shape index (κ3) is 3.24. The fraction of sp³-hybridized carbons (Fsp3) is 0.235. The maximum Gasteiger partial charge on any atom is 0.243 e. The highest BCUT2D eigenvalue weighted by Crippen LogP contribution is 2.26. The van der Waals surface area contributed by atoms with E-state index >= 15 is 0 Å². The van der Waals surface area contributed by atoms with E-state index in [1.807, 2.05) is 13.0 Å². The molecule has 3 rings (SSSR count). The summed E-state index contributed by atoms with van der Waals surface area (Å²) in [5.41, 5.74) is 2.34. The van der Waals surface area contributed by atoms with Crippen LogP contribution in [0.25, 0.3) is 0 Å². The smallest absolute Gasteiger partial charge is 0.243 e. The summed E-state index contributed by atoms with van der Waals surface area (Å²) in [4.78, 5) is 12.5. The Morgan fingerprint density at radius 1 is 1.09 bits per heavy atom. The molecule has 6 heteroatoms. The van der Waals surface area contributed by atoms with E-state index in [1.54, 1.807) is 36.4 Å². The molecule has 0 saturated heterocycles. The van der Waals surface area contributed by atoms with Crippen LogP contribution in [0.1, 0.15) is 27.9 Å². The molecule has 0 unspecified atom stereocenters. The van der Waals surface area contributed by atoms with Crippen LogP contribution in [0.2, 0.25) is 0 Å². The lowest BCUT2D eigenvalue weighted by molar-refractivity contribution is 0.0981. The minimum atomic E-state index is -3.61. The van der Waals surface area contributed by atoms with E-state index in [2.05, 4.69) is 15.9 Å². The highest BCUT2D eigenvalue weighted by molar-refractivity contribution is 9.10. The molecule has 0 saturated carbocycles. The van der Waals surface area contributed by atoms with Gasteiger partial charge in [0.25, 0.3) is 0 Å². The number of benzene rings is 2. The lowest BCUT2D eigenvalue weighted by Gasteiger charge is -2.20. The van der Waals surface area contributed by atoms with Crippen molar-refractivity contribution in [3.8, 4) is 0 Å².